The summed E-state index contributed by atoms with van der Waals surface area (Å²) >= 11 is 1.94. The molecule has 0 amide bonds. The van der Waals surface area contributed by atoms with Crippen molar-refractivity contribution in [3.63, 3.8) is 0 Å². The van der Waals surface area contributed by atoms with E-state index in [1.807, 2.05) is 11.3 Å². The van der Waals surface area contributed by atoms with Gasteiger partial charge in [-0.1, -0.05) is 139 Å². The fourth-order valence-electron chi connectivity index (χ4n) is 11.7. The van der Waals surface area contributed by atoms with Gasteiger partial charge in [0.15, 0.2) is 11.5 Å². The van der Waals surface area contributed by atoms with Gasteiger partial charge in [-0.25, -0.2) is 0 Å². The van der Waals surface area contributed by atoms with Gasteiger partial charge >= 0.3 is 0 Å². The molecule has 71 heavy (non-hydrogen) atoms. The van der Waals surface area contributed by atoms with Crippen molar-refractivity contribution < 1.29 is 4.74 Å². The smallest absolute Gasteiger partial charge is 0.264 e. The number of aromatic nitrogens is 1. The first kappa shape index (κ1) is 41.9. The lowest BCUT2D eigenvalue weighted by Crippen LogP contribution is -2.60. The van der Waals surface area contributed by atoms with Crippen LogP contribution in [0.4, 0.5) is 51.2 Å². The van der Waals surface area contributed by atoms with Crippen molar-refractivity contribution in [2.75, 3.05) is 14.7 Å². The topological polar surface area (TPSA) is 23.9 Å². The minimum absolute atomic E-state index is 0.0122. The summed E-state index contributed by atoms with van der Waals surface area (Å²) in [4.78, 5) is 7.49. The Morgan fingerprint density at radius 1 is 0.423 bits per heavy atom. The molecule has 3 aliphatic rings. The number of benzene rings is 9. The zero-order chi connectivity index (χ0) is 47.9. The van der Waals surface area contributed by atoms with E-state index >= 15 is 0 Å². The molecule has 0 aliphatic carbocycles. The number of fused-ring (bicyclic) bond motifs is 14. The van der Waals surface area contributed by atoms with Crippen LogP contribution >= 0.6 is 11.3 Å². The van der Waals surface area contributed by atoms with Crippen LogP contribution in [-0.2, 0) is 10.8 Å². The number of nitrogens with zero attached hydrogens (tertiary/aromatic N) is 4. The summed E-state index contributed by atoms with van der Waals surface area (Å²) in [5.74, 6) is 1.56. The molecular weight excluding hydrogens is 884 g/mol. The summed E-state index contributed by atoms with van der Waals surface area (Å²) in [6.07, 6.45) is 0. The maximum absolute atomic E-state index is 7.54. The molecule has 0 atom stereocenters. The number of anilines is 9. The third-order valence-electron chi connectivity index (χ3n) is 15.0. The Morgan fingerprint density at radius 3 is 1.82 bits per heavy atom. The maximum Gasteiger partial charge on any atom is 0.264 e. The van der Waals surface area contributed by atoms with E-state index in [1.165, 1.54) is 48.3 Å². The van der Waals surface area contributed by atoms with Crippen LogP contribution < -0.4 is 35.1 Å². The lowest BCUT2D eigenvalue weighted by molar-refractivity contribution is 0.485. The highest BCUT2D eigenvalue weighted by molar-refractivity contribution is 7.33. The molecule has 5 heterocycles. The summed E-state index contributed by atoms with van der Waals surface area (Å²) in [6.45, 7) is 13.7. The van der Waals surface area contributed by atoms with Gasteiger partial charge in [-0.15, -0.1) is 11.3 Å². The van der Waals surface area contributed by atoms with Crippen molar-refractivity contribution >= 4 is 117 Å². The molecule has 0 fully saturated rings. The van der Waals surface area contributed by atoms with Crippen LogP contribution in [0.15, 0.2) is 200 Å². The molecule has 0 unspecified atom stereocenters. The third kappa shape index (κ3) is 6.25. The molecule has 7 heteroatoms. The number of hydrogen-bond donors (Lipinski definition) is 0. The van der Waals surface area contributed by atoms with E-state index < -0.39 is 0 Å². The Morgan fingerprint density at radius 2 is 1.06 bits per heavy atom. The maximum atomic E-state index is 7.54. The van der Waals surface area contributed by atoms with Crippen molar-refractivity contribution in [1.82, 2.24) is 4.57 Å². The van der Waals surface area contributed by atoms with Gasteiger partial charge in [0.2, 0.25) is 0 Å². The van der Waals surface area contributed by atoms with Crippen molar-refractivity contribution in [2.24, 2.45) is 0 Å². The zero-order valence-electron chi connectivity index (χ0n) is 40.7. The number of para-hydroxylation sites is 5. The fraction of sp³-hybridized carbons (Fsp3) is 0.125. The molecular formula is C64H51BN4OS. The average molecular weight is 935 g/mol. The van der Waals surface area contributed by atoms with Crippen molar-refractivity contribution in [3.05, 3.63) is 211 Å². The molecule has 11 aromatic rings. The molecule has 3 aliphatic heterocycles. The van der Waals surface area contributed by atoms with E-state index in [1.54, 1.807) is 0 Å². The largest absolute Gasteiger partial charge is 0.453 e. The highest BCUT2D eigenvalue weighted by Crippen LogP contribution is 2.55. The summed E-state index contributed by atoms with van der Waals surface area (Å²) < 4.78 is 12.6. The standard InChI is InChI=1S/C64H51BN4OS/c1-63(2,3)40-28-31-44(32-29-40)66-45-33-34-48-54(39-45)69(61-56(70-55-27-16-15-24-50(55)66)36-35-51-58(61)46-22-13-14-23-49(46)67(51)42-18-9-7-10-19-42)53-26-17-25-52-59(53)65(48)62-60(68(52)43-20-11-8-12-21-43)47-38-41(64(4,5)6)30-37-57(47)71-62/h7-39H,1-6H3. The molecule has 2 aromatic heterocycles. The molecule has 342 valence electrons. The second-order valence-electron chi connectivity index (χ2n) is 21.4. The third-order valence-corrected chi connectivity index (χ3v) is 16.3. The monoisotopic (exact) mass is 934 g/mol. The van der Waals surface area contributed by atoms with E-state index in [2.05, 4.69) is 261 Å². The van der Waals surface area contributed by atoms with Crippen LogP contribution in [0.25, 0.3) is 37.6 Å². The highest BCUT2D eigenvalue weighted by atomic mass is 32.1. The van der Waals surface area contributed by atoms with E-state index in [4.69, 9.17) is 4.74 Å². The van der Waals surface area contributed by atoms with Gasteiger partial charge in [-0.05, 0) is 136 Å². The van der Waals surface area contributed by atoms with Gasteiger partial charge in [0.05, 0.1) is 28.1 Å². The van der Waals surface area contributed by atoms with Gasteiger partial charge in [0.25, 0.3) is 6.71 Å². The Labute approximate surface area is 419 Å². The molecule has 0 saturated carbocycles. The van der Waals surface area contributed by atoms with Crippen molar-refractivity contribution in [3.8, 4) is 17.2 Å². The average Bonchev–Trinajstić information content (AvgIpc) is 3.93. The molecule has 0 spiro atoms. The Hall–Kier alpha value is -8.00. The molecule has 14 rings (SSSR count). The molecule has 2 bridgehead atoms. The van der Waals surface area contributed by atoms with Crippen LogP contribution in [0, 0.1) is 0 Å². The van der Waals surface area contributed by atoms with Crippen LogP contribution in [0.2, 0.25) is 0 Å². The second-order valence-corrected chi connectivity index (χ2v) is 22.4. The molecule has 0 saturated heterocycles. The second kappa shape index (κ2) is 15.3. The van der Waals surface area contributed by atoms with Gasteiger partial charge in [0.1, 0.15) is 0 Å². The number of ether oxygens (including phenoxy) is 1. The molecule has 0 N–H and O–H groups in total. The highest BCUT2D eigenvalue weighted by Gasteiger charge is 2.46. The Balaban J connectivity index is 1.12. The quantitative estimate of drug-likeness (QED) is 0.165. The SMILES string of the molecule is CC(C)(C)c1ccc(N2c3ccc4c(c3)N(c3cccc5c3B4c3sc4ccc(C(C)(C)C)cc4c3N5c3ccccc3)c3c(ccc4c3c3ccccc3n4-c3ccccc3)Oc3ccccc32)cc1. The number of hydrogen-bond acceptors (Lipinski definition) is 5. The summed E-state index contributed by atoms with van der Waals surface area (Å²) in [6, 6.07) is 74.1. The lowest BCUT2D eigenvalue weighted by Gasteiger charge is -2.44. The summed E-state index contributed by atoms with van der Waals surface area (Å²) in [5, 5.41) is 3.59. The Kier molecular flexibility index (Phi) is 9.01. The predicted octanol–water partition coefficient (Wildman–Crippen LogP) is 16.3. The van der Waals surface area contributed by atoms with E-state index in [0.29, 0.717) is 0 Å². The number of thiophene rings is 1. The van der Waals surface area contributed by atoms with E-state index in [-0.39, 0.29) is 17.5 Å². The first-order valence-electron chi connectivity index (χ1n) is 24.8. The fourth-order valence-corrected chi connectivity index (χ4v) is 13.0. The van der Waals surface area contributed by atoms with Gasteiger partial charge in [-0.3, -0.25) is 0 Å². The first-order valence-corrected chi connectivity index (χ1v) is 25.6. The summed E-state index contributed by atoms with van der Waals surface area (Å²) in [5.41, 5.74) is 18.5. The predicted molar refractivity (Wildman–Crippen MR) is 302 cm³/mol. The lowest BCUT2D eigenvalue weighted by atomic mass is 9.36. The minimum atomic E-state index is -0.0454. The zero-order valence-corrected chi connectivity index (χ0v) is 41.6. The summed E-state index contributed by atoms with van der Waals surface area (Å²) in [7, 11) is 0. The van der Waals surface area contributed by atoms with E-state index in [9.17, 15) is 0 Å². The minimum Gasteiger partial charge on any atom is -0.453 e. The molecule has 9 aromatic carbocycles. The van der Waals surface area contributed by atoms with Crippen molar-refractivity contribution in [1.29, 1.82) is 0 Å². The first-order chi connectivity index (χ1) is 34.5. The van der Waals surface area contributed by atoms with Gasteiger partial charge in [-0.2, -0.15) is 0 Å². The van der Waals surface area contributed by atoms with Gasteiger partial charge in [0, 0.05) is 65.4 Å². The van der Waals surface area contributed by atoms with Crippen molar-refractivity contribution in [2.45, 2.75) is 52.4 Å². The van der Waals surface area contributed by atoms with Crippen LogP contribution in [-0.4, -0.2) is 11.3 Å². The van der Waals surface area contributed by atoms with E-state index in [0.717, 1.165) is 78.8 Å². The van der Waals surface area contributed by atoms with Crippen LogP contribution in [0.3, 0.4) is 0 Å². The molecule has 0 radical (unpaired) electrons. The normalized spacial score (nSPS) is 13.8. The van der Waals surface area contributed by atoms with Crippen LogP contribution in [0.1, 0.15) is 52.7 Å². The van der Waals surface area contributed by atoms with Gasteiger partial charge < -0.3 is 24.0 Å². The Bertz CT molecular complexity index is 3960. The number of rotatable bonds is 3. The molecule has 5 nitrogen and oxygen atoms in total. The van der Waals surface area contributed by atoms with Crippen LogP contribution in [0.5, 0.6) is 11.5 Å².